The van der Waals surface area contributed by atoms with Crippen molar-refractivity contribution in [2.45, 2.75) is 24.7 Å². The van der Waals surface area contributed by atoms with Gasteiger partial charge in [0.2, 0.25) is 10.0 Å². The molecule has 0 bridgehead atoms. The van der Waals surface area contributed by atoms with Gasteiger partial charge >= 0.3 is 0 Å². The van der Waals surface area contributed by atoms with E-state index in [-0.39, 0.29) is 4.90 Å². The molecule has 0 atom stereocenters. The third kappa shape index (κ3) is 3.81. The second kappa shape index (κ2) is 6.42. The lowest BCUT2D eigenvalue weighted by molar-refractivity contribution is 0.202. The Morgan fingerprint density at radius 2 is 1.95 bits per heavy atom. The summed E-state index contributed by atoms with van der Waals surface area (Å²) < 4.78 is 40.2. The lowest BCUT2D eigenvalue weighted by atomic mass is 9.97. The van der Waals surface area contributed by atoms with Gasteiger partial charge < -0.3 is 4.90 Å². The molecule has 0 unspecified atom stereocenters. The Labute approximate surface area is 126 Å². The van der Waals surface area contributed by atoms with Gasteiger partial charge in [-0.25, -0.2) is 17.1 Å². The van der Waals surface area contributed by atoms with Gasteiger partial charge in [0.1, 0.15) is 10.7 Å². The summed E-state index contributed by atoms with van der Waals surface area (Å²) in [5.74, 6) is -0.334. The largest absolute Gasteiger partial charge is 0.306 e. The Hall–Kier alpha value is -0.980. The van der Waals surface area contributed by atoms with Crippen LogP contribution in [0.5, 0.6) is 0 Å². The Balaban J connectivity index is 2.11. The molecule has 1 aromatic carbocycles. The zero-order valence-corrected chi connectivity index (χ0v) is 13.7. The van der Waals surface area contributed by atoms with E-state index < -0.39 is 15.8 Å². The van der Waals surface area contributed by atoms with Gasteiger partial charge in [-0.1, -0.05) is 6.07 Å². The average Bonchev–Trinajstić information content (AvgIpc) is 2.40. The van der Waals surface area contributed by atoms with Crippen molar-refractivity contribution in [1.29, 1.82) is 0 Å². The highest BCUT2D eigenvalue weighted by Gasteiger charge is 2.27. The Bertz CT molecular complexity index is 596. The smallest absolute Gasteiger partial charge is 0.245 e. The van der Waals surface area contributed by atoms with Crippen LogP contribution in [-0.2, 0) is 10.0 Å². The van der Waals surface area contributed by atoms with Crippen molar-refractivity contribution in [3.05, 3.63) is 29.6 Å². The van der Waals surface area contributed by atoms with Gasteiger partial charge in [-0.3, -0.25) is 0 Å². The van der Waals surface area contributed by atoms with Gasteiger partial charge in [-0.15, -0.1) is 0 Å². The molecule has 0 spiro atoms. The highest BCUT2D eigenvalue weighted by Crippen LogP contribution is 2.23. The molecule has 4 nitrogen and oxygen atoms in total. The van der Waals surface area contributed by atoms with Crippen LogP contribution in [-0.4, -0.2) is 51.4 Å². The lowest BCUT2D eigenvalue weighted by Crippen LogP contribution is -2.38. The molecule has 0 aliphatic carbocycles. The standard InChI is InChI=1S/C15H23FN2O2S/c1-12-4-5-15(14(16)10-12)21(19,20)18(3)11-13-6-8-17(2)9-7-13/h4-5,10,13H,6-9,11H2,1-3H3. The summed E-state index contributed by atoms with van der Waals surface area (Å²) in [6, 6.07) is 4.24. The Kier molecular flexibility index (Phi) is 5.01. The molecule has 0 radical (unpaired) electrons. The fraction of sp³-hybridized carbons (Fsp3) is 0.600. The second-order valence-corrected chi connectivity index (χ2v) is 7.98. The predicted octanol–water partition coefficient (Wildman–Crippen LogP) is 2.10. The molecular weight excluding hydrogens is 291 g/mol. The van der Waals surface area contributed by atoms with E-state index in [0.29, 0.717) is 18.0 Å². The van der Waals surface area contributed by atoms with Gasteiger partial charge in [-0.05, 0) is 63.5 Å². The first-order valence-electron chi connectivity index (χ1n) is 7.21. The average molecular weight is 314 g/mol. The fourth-order valence-electron chi connectivity index (χ4n) is 2.69. The highest BCUT2D eigenvalue weighted by atomic mass is 32.2. The first kappa shape index (κ1) is 16.4. The summed E-state index contributed by atoms with van der Waals surface area (Å²) in [6.07, 6.45) is 1.96. The van der Waals surface area contributed by atoms with Crippen molar-refractivity contribution >= 4 is 10.0 Å². The molecule has 118 valence electrons. The first-order valence-corrected chi connectivity index (χ1v) is 8.65. The topological polar surface area (TPSA) is 40.6 Å². The van der Waals surface area contributed by atoms with Crippen LogP contribution in [0.1, 0.15) is 18.4 Å². The molecule has 21 heavy (non-hydrogen) atoms. The van der Waals surface area contributed by atoms with E-state index in [1.54, 1.807) is 13.0 Å². The van der Waals surface area contributed by atoms with E-state index in [9.17, 15) is 12.8 Å². The number of hydrogen-bond acceptors (Lipinski definition) is 3. The second-order valence-electron chi connectivity index (χ2n) is 5.97. The number of hydrogen-bond donors (Lipinski definition) is 0. The summed E-state index contributed by atoms with van der Waals surface area (Å²) in [7, 11) is -0.152. The van der Waals surface area contributed by atoms with Crippen molar-refractivity contribution in [2.75, 3.05) is 33.7 Å². The summed E-state index contributed by atoms with van der Waals surface area (Å²) in [4.78, 5) is 2.01. The molecule has 1 aliphatic rings. The van der Waals surface area contributed by atoms with Crippen LogP contribution >= 0.6 is 0 Å². The van der Waals surface area contributed by atoms with Crippen molar-refractivity contribution in [3.8, 4) is 0 Å². The third-order valence-electron chi connectivity index (χ3n) is 4.13. The minimum Gasteiger partial charge on any atom is -0.306 e. The maximum Gasteiger partial charge on any atom is 0.245 e. The number of piperidine rings is 1. The molecule has 0 aromatic heterocycles. The minimum absolute atomic E-state index is 0.233. The molecule has 1 fully saturated rings. The van der Waals surface area contributed by atoms with E-state index in [4.69, 9.17) is 0 Å². The number of aryl methyl sites for hydroxylation is 1. The molecule has 1 saturated heterocycles. The van der Waals surface area contributed by atoms with Gasteiger partial charge in [-0.2, -0.15) is 0 Å². The number of sulfonamides is 1. The fourth-order valence-corrected chi connectivity index (χ4v) is 3.98. The molecule has 2 rings (SSSR count). The molecule has 0 amide bonds. The van der Waals surface area contributed by atoms with Gasteiger partial charge in [0.15, 0.2) is 0 Å². The highest BCUT2D eigenvalue weighted by molar-refractivity contribution is 7.89. The number of nitrogens with zero attached hydrogens (tertiary/aromatic N) is 2. The predicted molar refractivity (Wildman–Crippen MR) is 81.2 cm³/mol. The zero-order valence-electron chi connectivity index (χ0n) is 12.8. The number of benzene rings is 1. The molecule has 1 aromatic rings. The van der Waals surface area contributed by atoms with Crippen LogP contribution in [0.2, 0.25) is 0 Å². The van der Waals surface area contributed by atoms with E-state index >= 15 is 0 Å². The zero-order chi connectivity index (χ0) is 15.6. The van der Waals surface area contributed by atoms with Gasteiger partial charge in [0, 0.05) is 13.6 Å². The van der Waals surface area contributed by atoms with Crippen molar-refractivity contribution in [2.24, 2.45) is 5.92 Å². The molecule has 6 heteroatoms. The molecule has 1 heterocycles. The maximum absolute atomic E-state index is 13.9. The maximum atomic E-state index is 13.9. The van der Waals surface area contributed by atoms with Crippen LogP contribution in [0.15, 0.2) is 23.1 Å². The van der Waals surface area contributed by atoms with Crippen LogP contribution in [0.4, 0.5) is 4.39 Å². The van der Waals surface area contributed by atoms with Crippen molar-refractivity contribution < 1.29 is 12.8 Å². The van der Waals surface area contributed by atoms with Crippen molar-refractivity contribution in [3.63, 3.8) is 0 Å². The third-order valence-corrected chi connectivity index (χ3v) is 5.99. The van der Waals surface area contributed by atoms with E-state index in [1.807, 2.05) is 0 Å². The lowest BCUT2D eigenvalue weighted by Gasteiger charge is -2.31. The van der Waals surface area contributed by atoms with Crippen LogP contribution in [0.3, 0.4) is 0 Å². The summed E-state index contributed by atoms with van der Waals surface area (Å²) in [6.45, 7) is 4.15. The summed E-state index contributed by atoms with van der Waals surface area (Å²) in [5, 5.41) is 0. The molecule has 0 saturated carbocycles. The quantitative estimate of drug-likeness (QED) is 0.854. The summed E-state index contributed by atoms with van der Waals surface area (Å²) >= 11 is 0. The van der Waals surface area contributed by atoms with Gasteiger partial charge in [0.05, 0.1) is 0 Å². The summed E-state index contributed by atoms with van der Waals surface area (Å²) in [5.41, 5.74) is 0.712. The molecular formula is C15H23FN2O2S. The molecule has 1 aliphatic heterocycles. The Morgan fingerprint density at radius 3 is 2.52 bits per heavy atom. The van der Waals surface area contributed by atoms with Gasteiger partial charge in [0.25, 0.3) is 0 Å². The monoisotopic (exact) mass is 314 g/mol. The van der Waals surface area contributed by atoms with Crippen LogP contribution < -0.4 is 0 Å². The van der Waals surface area contributed by atoms with Crippen LogP contribution in [0, 0.1) is 18.7 Å². The first-order chi connectivity index (χ1) is 9.80. The van der Waals surface area contributed by atoms with E-state index in [1.165, 1.54) is 23.5 Å². The normalized spacial score (nSPS) is 18.3. The van der Waals surface area contributed by atoms with Crippen molar-refractivity contribution in [1.82, 2.24) is 9.21 Å². The SMILES string of the molecule is Cc1ccc(S(=O)(=O)N(C)CC2CCN(C)CC2)c(F)c1. The minimum atomic E-state index is -3.75. The number of likely N-dealkylation sites (tertiary alicyclic amines) is 1. The van der Waals surface area contributed by atoms with E-state index in [2.05, 4.69) is 11.9 Å². The molecule has 0 N–H and O–H groups in total. The van der Waals surface area contributed by atoms with E-state index in [0.717, 1.165) is 25.9 Å². The Morgan fingerprint density at radius 1 is 1.33 bits per heavy atom. The number of rotatable bonds is 4. The van der Waals surface area contributed by atoms with Crippen LogP contribution in [0.25, 0.3) is 0 Å². The number of halogens is 1.